The molecule has 0 atom stereocenters. The third-order valence-corrected chi connectivity index (χ3v) is 11.7. The van der Waals surface area contributed by atoms with E-state index in [1.54, 1.807) is 0 Å². The Morgan fingerprint density at radius 2 is 0.610 bits per heavy atom. The third-order valence-electron chi connectivity index (χ3n) is 11.7. The van der Waals surface area contributed by atoms with Gasteiger partial charge >= 0.3 is 49.4 Å². The molecule has 0 aliphatic rings. The maximum absolute atomic E-state index is 14.2. The van der Waals surface area contributed by atoms with E-state index in [4.69, 9.17) is 0 Å². The first-order valence-electron chi connectivity index (χ1n) is 21.0. The van der Waals surface area contributed by atoms with Crippen LogP contribution in [0.15, 0.2) is 140 Å². The summed E-state index contributed by atoms with van der Waals surface area (Å²) in [6.07, 6.45) is -52.9. The smallest absolute Gasteiger partial charge is 0.287 e. The number of ketones is 1. The van der Waals surface area contributed by atoms with Crippen LogP contribution in [-0.2, 0) is 56.0 Å². The summed E-state index contributed by atoms with van der Waals surface area (Å²) in [6.45, 7) is 0.243. The van der Waals surface area contributed by atoms with E-state index in [1.807, 2.05) is 47.2 Å². The van der Waals surface area contributed by atoms with E-state index in [-0.39, 0.29) is 18.1 Å². The second-order valence-electron chi connectivity index (χ2n) is 16.8. The van der Waals surface area contributed by atoms with E-state index in [2.05, 4.69) is 0 Å². The maximum atomic E-state index is 14.2. The van der Waals surface area contributed by atoms with Crippen LogP contribution in [0.1, 0.15) is 54.9 Å². The van der Waals surface area contributed by atoms with Crippen LogP contribution in [-0.4, -0.2) is 11.9 Å². The Morgan fingerprint density at radius 3 is 0.883 bits per heavy atom. The lowest BCUT2D eigenvalue weighted by molar-refractivity contribution is -0.657. The second-order valence-corrected chi connectivity index (χ2v) is 16.8. The summed E-state index contributed by atoms with van der Waals surface area (Å²) < 4.78 is 356. The van der Waals surface area contributed by atoms with Crippen LogP contribution in [0.25, 0.3) is 10.9 Å². The number of carbonyl (C=O) groups excluding carboxylic acids is 1. The summed E-state index contributed by atoms with van der Waals surface area (Å²) in [6, 6.07) is 8.66. The van der Waals surface area contributed by atoms with Gasteiger partial charge in [-0.15, -0.1) is 0 Å². The third kappa shape index (κ3) is 13.3. The highest BCUT2D eigenvalue weighted by atomic mass is 19.4. The minimum Gasteiger partial charge on any atom is -0.287 e. The van der Waals surface area contributed by atoms with Gasteiger partial charge in [-0.3, -0.25) is 4.79 Å². The fourth-order valence-corrected chi connectivity index (χ4v) is 8.31. The van der Waals surface area contributed by atoms with Gasteiger partial charge in [-0.1, -0.05) is 60.7 Å². The van der Waals surface area contributed by atoms with Crippen LogP contribution in [0, 0.1) is 5.82 Å². The highest BCUT2D eigenvalue weighted by Gasteiger charge is 2.47. The van der Waals surface area contributed by atoms with Crippen LogP contribution >= 0.6 is 0 Å². The van der Waals surface area contributed by atoms with Gasteiger partial charge in [0, 0.05) is 23.1 Å². The van der Waals surface area contributed by atoms with Crippen molar-refractivity contribution in [1.29, 1.82) is 0 Å². The molecule has 0 aliphatic heterocycles. The fraction of sp³-hybridized carbons (Fsp3) is 0.184. The van der Waals surface area contributed by atoms with Gasteiger partial charge in [0.1, 0.15) is 12.0 Å². The van der Waals surface area contributed by atoms with Gasteiger partial charge < -0.3 is 0 Å². The van der Waals surface area contributed by atoms with E-state index in [9.17, 15) is 115 Å². The molecule has 0 saturated heterocycles. The number of carbonyl (C=O) groups is 1. The van der Waals surface area contributed by atoms with E-state index in [1.165, 1.54) is 24.3 Å². The van der Waals surface area contributed by atoms with Crippen molar-refractivity contribution in [2.45, 2.75) is 56.0 Å². The fourth-order valence-electron chi connectivity index (χ4n) is 8.31. The number of Topliss-reactive ketones (excluding diaryl/α,β-unsaturated/α-hetero) is 1. The van der Waals surface area contributed by atoms with E-state index in [0.717, 1.165) is 10.9 Å². The summed E-state index contributed by atoms with van der Waals surface area (Å²) in [7, 11) is 0. The molecule has 1 heterocycles. The number of halogens is 25. The van der Waals surface area contributed by atoms with Crippen LogP contribution in [0.2, 0.25) is 0 Å². The molecule has 0 amide bonds. The lowest BCUT2D eigenvalue weighted by Crippen LogP contribution is -2.75. The summed E-state index contributed by atoms with van der Waals surface area (Å²) >= 11 is 0. The Labute approximate surface area is 414 Å². The SMILES string of the molecule is FC(F)(F)c1cc([B-](c2cc(C(F)(F)F)cc(C(F)(F)F)c2)(c2cc(C(F)(F)F)cc(C(F)(F)F)c2)c2cc(C(F)(F)F)cc(C(F)(F)F)c2)cc(C(F)(F)F)c1.O=C(C[n+]1cccc2ccccc21)c1ccc(F)cc1. The topological polar surface area (TPSA) is 20.9 Å². The number of hydrogen-bond donors (Lipinski definition) is 0. The number of fused-ring (bicyclic) bond motifs is 1. The van der Waals surface area contributed by atoms with Crippen molar-refractivity contribution in [3.8, 4) is 0 Å². The Hall–Kier alpha value is -7.29. The van der Waals surface area contributed by atoms with Gasteiger partial charge in [-0.25, -0.2) is 4.39 Å². The van der Waals surface area contributed by atoms with Crippen LogP contribution in [0.5, 0.6) is 0 Å². The molecule has 1 aromatic heterocycles. The monoisotopic (exact) mass is 1130 g/mol. The molecule has 7 aromatic rings. The van der Waals surface area contributed by atoms with E-state index in [0.29, 0.717) is 5.56 Å². The molecule has 0 fully saturated rings. The molecule has 77 heavy (non-hydrogen) atoms. The maximum Gasteiger partial charge on any atom is 0.416 e. The molecular formula is C49H25BF25NO. The number of pyridine rings is 1. The zero-order valence-corrected chi connectivity index (χ0v) is 37.4. The number of para-hydroxylation sites is 1. The van der Waals surface area contributed by atoms with Crippen molar-refractivity contribution in [3.05, 3.63) is 196 Å². The zero-order chi connectivity index (χ0) is 57.9. The standard InChI is InChI=1S/C32H12BF24.C17H13FNO/c34-25(35,36)13-1-14(26(37,38)39)6-21(5-13)33(22-7-15(27(40,41)42)2-16(8-22)28(43,44)45,23-9-17(29(46,47)48)3-18(10-23)30(49,50)51)24-11-19(31(52,53)54)4-20(12-24)32(55,56)57;18-15-9-7-14(8-10-15)17(20)12-19-11-3-5-13-4-1-2-6-16(13)19/h1-12H;1-11H,12H2/q-1;+1. The molecule has 410 valence electrons. The van der Waals surface area contributed by atoms with Crippen molar-refractivity contribution in [2.75, 3.05) is 0 Å². The Kier molecular flexibility index (Phi) is 15.5. The molecule has 2 nitrogen and oxygen atoms in total. The van der Waals surface area contributed by atoms with Crippen molar-refractivity contribution in [3.63, 3.8) is 0 Å². The zero-order valence-electron chi connectivity index (χ0n) is 37.4. The minimum atomic E-state index is -6.13. The summed E-state index contributed by atoms with van der Waals surface area (Å²) in [5.74, 6) is -0.370. The molecule has 28 heteroatoms. The highest BCUT2D eigenvalue weighted by Crippen LogP contribution is 2.41. The number of nitrogens with zero attached hydrogens (tertiary/aromatic N) is 1. The number of rotatable bonds is 7. The van der Waals surface area contributed by atoms with Gasteiger partial charge in [0.2, 0.25) is 17.8 Å². The minimum absolute atomic E-state index is 0.0358. The molecule has 0 N–H and O–H groups in total. The molecule has 0 unspecified atom stereocenters. The van der Waals surface area contributed by atoms with Gasteiger partial charge in [-0.2, -0.15) is 132 Å². The largest absolute Gasteiger partial charge is 0.416 e. The lowest BCUT2D eigenvalue weighted by Gasteiger charge is -2.46. The molecule has 7 rings (SSSR count). The van der Waals surface area contributed by atoms with Crippen molar-refractivity contribution in [2.24, 2.45) is 0 Å². The quantitative estimate of drug-likeness (QED) is 0.0674. The van der Waals surface area contributed by atoms with Crippen molar-refractivity contribution in [1.82, 2.24) is 0 Å². The van der Waals surface area contributed by atoms with Crippen molar-refractivity contribution >= 4 is 44.7 Å². The molecule has 0 radical (unpaired) electrons. The molecule has 0 aliphatic carbocycles. The molecule has 6 aromatic carbocycles. The molecule has 0 bridgehead atoms. The van der Waals surface area contributed by atoms with E-state index < -0.39 is 195 Å². The number of hydrogen-bond acceptors (Lipinski definition) is 1. The van der Waals surface area contributed by atoms with Gasteiger partial charge in [0.15, 0.2) is 6.20 Å². The normalized spacial score (nSPS) is 13.4. The first kappa shape index (κ1) is 59.0. The Morgan fingerprint density at radius 1 is 0.351 bits per heavy atom. The number of benzene rings is 6. The highest BCUT2D eigenvalue weighted by molar-refractivity contribution is 7.20. The molecular weight excluding hydrogens is 1100 g/mol. The Bertz CT molecular complexity index is 2860. The first-order valence-corrected chi connectivity index (χ1v) is 21.0. The van der Waals surface area contributed by atoms with Gasteiger partial charge in [0.25, 0.3) is 0 Å². The Balaban J connectivity index is 0.000000397. The van der Waals surface area contributed by atoms with Crippen LogP contribution in [0.4, 0.5) is 110 Å². The average Bonchev–Trinajstić information content (AvgIpc) is 3.30. The summed E-state index contributed by atoms with van der Waals surface area (Å²) in [5, 5.41) is 1.09. The number of aromatic nitrogens is 1. The van der Waals surface area contributed by atoms with E-state index >= 15 is 0 Å². The van der Waals surface area contributed by atoms with Gasteiger partial charge in [0.05, 0.1) is 44.5 Å². The lowest BCUT2D eigenvalue weighted by atomic mass is 9.12. The van der Waals surface area contributed by atoms with Crippen molar-refractivity contribution < 1.29 is 119 Å². The van der Waals surface area contributed by atoms with Gasteiger partial charge in [-0.05, 0) is 60.7 Å². The molecule has 0 spiro atoms. The predicted molar refractivity (Wildman–Crippen MR) is 225 cm³/mol. The summed E-state index contributed by atoms with van der Waals surface area (Å²) in [4.78, 5) is 12.2. The second kappa shape index (κ2) is 20.3. The van der Waals surface area contributed by atoms with Crippen LogP contribution < -0.4 is 26.4 Å². The summed E-state index contributed by atoms with van der Waals surface area (Å²) in [5.41, 5.74) is -28.7. The first-order chi connectivity index (χ1) is 35.0. The van der Waals surface area contributed by atoms with Crippen LogP contribution in [0.3, 0.4) is 0 Å². The average molecular weight is 1130 g/mol. The number of alkyl halides is 24. The predicted octanol–water partition coefficient (Wildman–Crippen LogP) is 14.4. The molecule has 0 saturated carbocycles.